The van der Waals surface area contributed by atoms with Gasteiger partial charge >= 0.3 is 141 Å². The van der Waals surface area contributed by atoms with E-state index in [1.807, 2.05) is 11.3 Å². The Morgan fingerprint density at radius 1 is 0.810 bits per heavy atom. The molecule has 0 fully saturated rings. The molecule has 0 aliphatic rings. The number of rotatable bonds is 3. The molecule has 2 aromatic heterocycles. The molecule has 2 heterocycles. The van der Waals surface area contributed by atoms with Crippen molar-refractivity contribution < 1.29 is 0 Å². The van der Waals surface area contributed by atoms with Crippen LogP contribution in [0.5, 0.6) is 0 Å². The van der Waals surface area contributed by atoms with Gasteiger partial charge in [0.05, 0.1) is 0 Å². The molecule has 2 aromatic carbocycles. The van der Waals surface area contributed by atoms with Crippen LogP contribution >= 0.6 is 11.3 Å². The van der Waals surface area contributed by atoms with Gasteiger partial charge in [-0.3, -0.25) is 0 Å². The first-order valence-electron chi connectivity index (χ1n) is 6.70. The molecule has 0 aliphatic heterocycles. The van der Waals surface area contributed by atoms with Crippen LogP contribution in [0.3, 0.4) is 0 Å². The van der Waals surface area contributed by atoms with Crippen molar-refractivity contribution >= 4 is 58.7 Å². The molecule has 0 unspecified atom stereocenters. The van der Waals surface area contributed by atoms with E-state index in [0.29, 0.717) is 29.5 Å². The molecule has 0 saturated heterocycles. The van der Waals surface area contributed by atoms with Gasteiger partial charge < -0.3 is 0 Å². The number of hydrogen-bond donors (Lipinski definition) is 0. The fraction of sp³-hybridized carbons (Fsp3) is 0. The second-order valence-electron chi connectivity index (χ2n) is 4.66. The van der Waals surface area contributed by atoms with Gasteiger partial charge in [0.25, 0.3) is 0 Å². The molecule has 0 radical (unpaired) electrons. The van der Waals surface area contributed by atoms with Crippen LogP contribution < -0.4 is 8.92 Å². The number of thiophene rings is 1. The average Bonchev–Trinajstić information content (AvgIpc) is 3.12. The van der Waals surface area contributed by atoms with Crippen LogP contribution in [-0.2, 0) is 0 Å². The summed E-state index contributed by atoms with van der Waals surface area (Å²) in [6, 6.07) is 24.1. The Labute approximate surface area is 140 Å². The standard InChI is InChI=1S/C18H12SSe2/c1-3-7-13(8-4-1)16-17(15-11-12-20-18(15)19-16)21-14-9-5-2-6-10-14/h1-12H. The van der Waals surface area contributed by atoms with Crippen LogP contribution in [0.4, 0.5) is 0 Å². The van der Waals surface area contributed by atoms with Crippen molar-refractivity contribution in [2.24, 2.45) is 0 Å². The summed E-state index contributed by atoms with van der Waals surface area (Å²) < 4.78 is 4.61. The van der Waals surface area contributed by atoms with Crippen molar-refractivity contribution in [3.8, 4) is 10.4 Å². The molecule has 0 nitrogen and oxygen atoms in total. The molecular formula is C18H12SSe2. The summed E-state index contributed by atoms with van der Waals surface area (Å²) in [6.07, 6.45) is 0. The second-order valence-corrected chi connectivity index (χ2v) is 10.5. The first-order chi connectivity index (χ1) is 10.4. The minimum atomic E-state index is 0.376. The molecule has 0 aliphatic carbocycles. The molecule has 102 valence electrons. The van der Waals surface area contributed by atoms with E-state index >= 15 is 0 Å². The molecule has 0 saturated carbocycles. The SMILES string of the molecule is c1ccc([Se]c2c(-c3ccccc3)sc3[se]ccc23)cc1. The fourth-order valence-electron chi connectivity index (χ4n) is 2.29. The van der Waals surface area contributed by atoms with Gasteiger partial charge in [0.15, 0.2) is 0 Å². The molecule has 0 N–H and O–H groups in total. The van der Waals surface area contributed by atoms with Crippen LogP contribution in [0.2, 0.25) is 0 Å². The monoisotopic (exact) mass is 420 g/mol. The van der Waals surface area contributed by atoms with E-state index in [0.717, 1.165) is 0 Å². The van der Waals surface area contributed by atoms with Crippen LogP contribution in [0, 0.1) is 0 Å². The second kappa shape index (κ2) is 5.96. The van der Waals surface area contributed by atoms with Crippen molar-refractivity contribution in [1.82, 2.24) is 0 Å². The number of benzene rings is 2. The van der Waals surface area contributed by atoms with Gasteiger partial charge in [-0.2, -0.15) is 0 Å². The van der Waals surface area contributed by atoms with E-state index in [-0.39, 0.29) is 0 Å². The maximum atomic E-state index is 2.35. The molecule has 0 spiro atoms. The van der Waals surface area contributed by atoms with Crippen molar-refractivity contribution in [3.63, 3.8) is 0 Å². The van der Waals surface area contributed by atoms with Gasteiger partial charge in [-0.25, -0.2) is 0 Å². The molecule has 0 amide bonds. The summed E-state index contributed by atoms with van der Waals surface area (Å²) in [5, 5.41) is 1.52. The third-order valence-electron chi connectivity index (χ3n) is 3.27. The molecule has 21 heavy (non-hydrogen) atoms. The van der Waals surface area contributed by atoms with Gasteiger partial charge in [-0.05, 0) is 0 Å². The van der Waals surface area contributed by atoms with E-state index in [1.165, 1.54) is 20.3 Å². The predicted molar refractivity (Wildman–Crippen MR) is 95.7 cm³/mol. The quantitative estimate of drug-likeness (QED) is 0.448. The van der Waals surface area contributed by atoms with Crippen molar-refractivity contribution in [2.75, 3.05) is 0 Å². The Morgan fingerprint density at radius 3 is 2.29 bits per heavy atom. The Bertz CT molecular complexity index is 860. The van der Waals surface area contributed by atoms with Crippen molar-refractivity contribution in [1.29, 1.82) is 0 Å². The van der Waals surface area contributed by atoms with Crippen LogP contribution in [0.1, 0.15) is 0 Å². The predicted octanol–water partition coefficient (Wildman–Crippen LogP) is 3.28. The zero-order chi connectivity index (χ0) is 14.1. The minimum absolute atomic E-state index is 0.376. The third kappa shape index (κ3) is 2.68. The first kappa shape index (κ1) is 13.6. The summed E-state index contributed by atoms with van der Waals surface area (Å²) in [7, 11) is 0. The summed E-state index contributed by atoms with van der Waals surface area (Å²) in [6.45, 7) is 0. The zero-order valence-corrected chi connectivity index (χ0v) is 15.4. The van der Waals surface area contributed by atoms with Gasteiger partial charge in [-0.1, -0.05) is 0 Å². The van der Waals surface area contributed by atoms with Gasteiger partial charge in [0.2, 0.25) is 0 Å². The topological polar surface area (TPSA) is 0 Å². The van der Waals surface area contributed by atoms with E-state index in [1.54, 1.807) is 8.04 Å². The molecule has 4 aromatic rings. The summed E-state index contributed by atoms with van der Waals surface area (Å²) in [4.78, 5) is 3.84. The van der Waals surface area contributed by atoms with Crippen LogP contribution in [0.25, 0.3) is 19.4 Å². The normalized spacial score (nSPS) is 11.0. The zero-order valence-electron chi connectivity index (χ0n) is 11.2. The third-order valence-corrected chi connectivity index (χ3v) is 9.50. The first-order valence-corrected chi connectivity index (χ1v) is 11.1. The van der Waals surface area contributed by atoms with E-state index in [9.17, 15) is 0 Å². The Hall–Kier alpha value is -1.08. The number of fused-ring (bicyclic) bond motifs is 1. The summed E-state index contributed by atoms with van der Waals surface area (Å²) in [5.74, 6) is 0. The Balaban J connectivity index is 1.87. The molecule has 0 atom stereocenters. The molecule has 4 rings (SSSR count). The summed E-state index contributed by atoms with van der Waals surface area (Å²) >= 11 is 2.91. The Kier molecular flexibility index (Phi) is 3.85. The fourth-order valence-corrected chi connectivity index (χ4v) is 8.78. The van der Waals surface area contributed by atoms with Crippen molar-refractivity contribution in [2.45, 2.75) is 0 Å². The van der Waals surface area contributed by atoms with Crippen LogP contribution in [0.15, 0.2) is 71.7 Å². The molecule has 3 heteroatoms. The molecule has 0 bridgehead atoms. The average molecular weight is 418 g/mol. The summed E-state index contributed by atoms with van der Waals surface area (Å²) in [5.41, 5.74) is 1.37. The van der Waals surface area contributed by atoms with E-state index < -0.39 is 0 Å². The van der Waals surface area contributed by atoms with Crippen molar-refractivity contribution in [3.05, 3.63) is 71.7 Å². The Morgan fingerprint density at radius 2 is 1.52 bits per heavy atom. The van der Waals surface area contributed by atoms with Crippen LogP contribution in [-0.4, -0.2) is 29.5 Å². The maximum absolute atomic E-state index is 2.35. The van der Waals surface area contributed by atoms with Gasteiger partial charge in [0, 0.05) is 0 Å². The van der Waals surface area contributed by atoms with Gasteiger partial charge in [0.1, 0.15) is 0 Å². The van der Waals surface area contributed by atoms with E-state index in [2.05, 4.69) is 71.7 Å². The van der Waals surface area contributed by atoms with Gasteiger partial charge in [-0.15, -0.1) is 0 Å². The van der Waals surface area contributed by atoms with E-state index in [4.69, 9.17) is 0 Å². The number of hydrogen-bond acceptors (Lipinski definition) is 1. The molecular weight excluding hydrogens is 406 g/mol.